The second kappa shape index (κ2) is 7.97. The third-order valence-corrected chi connectivity index (χ3v) is 4.84. The molecule has 2 atom stereocenters. The molecule has 0 aliphatic heterocycles. The predicted molar refractivity (Wildman–Crippen MR) is 70.2 cm³/mol. The molecule has 0 bridgehead atoms. The summed E-state index contributed by atoms with van der Waals surface area (Å²) in [5, 5.41) is 2.83. The molecule has 0 aromatic heterocycles. The average molecular weight is 310 g/mol. The Bertz CT molecular complexity index is 271. The van der Waals surface area contributed by atoms with Crippen LogP contribution in [-0.4, -0.2) is 24.6 Å². The summed E-state index contributed by atoms with van der Waals surface area (Å²) in [6.07, 6.45) is -1.74. The van der Waals surface area contributed by atoms with E-state index >= 15 is 0 Å². The van der Waals surface area contributed by atoms with Crippen LogP contribution in [-0.2, 0) is 20.9 Å². The molecule has 0 spiro atoms. The highest BCUT2D eigenvalue weighted by atomic mass is 35.5. The van der Waals surface area contributed by atoms with Gasteiger partial charge in [-0.05, 0) is 32.1 Å². The van der Waals surface area contributed by atoms with E-state index in [1.807, 2.05) is 13.8 Å². The zero-order chi connectivity index (χ0) is 13.5. The van der Waals surface area contributed by atoms with Crippen molar-refractivity contribution in [3.05, 3.63) is 0 Å². The fourth-order valence-electron chi connectivity index (χ4n) is 1.23. The molecule has 1 N–H and O–H groups in total. The maximum absolute atomic E-state index is 13.1. The number of halogens is 3. The molecule has 3 nitrogen and oxygen atoms in total. The Balaban J connectivity index is 4.61. The second-order valence-corrected chi connectivity index (χ2v) is 7.00. The molecule has 8 heteroatoms. The zero-order valence-electron chi connectivity index (χ0n) is 10.2. The molecule has 0 amide bonds. The van der Waals surface area contributed by atoms with Crippen LogP contribution in [0.4, 0.5) is 8.78 Å². The molecular formula is C9H19ClF2NO2PS. The minimum atomic E-state index is -3.47. The van der Waals surface area contributed by atoms with Gasteiger partial charge in [-0.3, -0.25) is 4.52 Å². The highest BCUT2D eigenvalue weighted by molar-refractivity contribution is 8.09. The molecule has 0 aliphatic carbocycles. The summed E-state index contributed by atoms with van der Waals surface area (Å²) in [6, 6.07) is -0.0384. The van der Waals surface area contributed by atoms with Crippen LogP contribution in [0.25, 0.3) is 0 Å². The summed E-state index contributed by atoms with van der Waals surface area (Å²) in [7, 11) is 0. The van der Waals surface area contributed by atoms with E-state index in [1.165, 1.54) is 0 Å². The summed E-state index contributed by atoms with van der Waals surface area (Å²) < 4.78 is 35.9. The van der Waals surface area contributed by atoms with Gasteiger partial charge in [-0.2, -0.15) is 8.78 Å². The topological polar surface area (TPSA) is 30.5 Å². The lowest BCUT2D eigenvalue weighted by Gasteiger charge is -2.28. The van der Waals surface area contributed by atoms with Crippen LogP contribution in [0.1, 0.15) is 33.6 Å². The van der Waals surface area contributed by atoms with Crippen molar-refractivity contribution in [1.29, 1.82) is 0 Å². The van der Waals surface area contributed by atoms with E-state index in [2.05, 4.69) is 9.61 Å². The van der Waals surface area contributed by atoms with Crippen LogP contribution < -0.4 is 5.09 Å². The Morgan fingerprint density at radius 2 is 2.06 bits per heavy atom. The van der Waals surface area contributed by atoms with Crippen LogP contribution in [0, 0.1) is 0 Å². The molecule has 0 saturated carbocycles. The first-order valence-electron chi connectivity index (χ1n) is 5.45. The summed E-state index contributed by atoms with van der Waals surface area (Å²) in [4.78, 5) is 0. The molecule has 0 saturated heterocycles. The van der Waals surface area contributed by atoms with Crippen LogP contribution in [0.2, 0.25) is 0 Å². The lowest BCUT2D eigenvalue weighted by Crippen LogP contribution is -2.30. The maximum Gasteiger partial charge on any atom is 0.375 e. The van der Waals surface area contributed by atoms with Crippen molar-refractivity contribution in [3.8, 4) is 0 Å². The number of alkyl halides is 3. The maximum atomic E-state index is 13.1. The Morgan fingerprint density at radius 1 is 1.47 bits per heavy atom. The minimum absolute atomic E-state index is 0.0384. The lowest BCUT2D eigenvalue weighted by molar-refractivity contribution is -0.157. The SMILES string of the molecule is CCCC(C)NP(=S)(OCC)OC(F)(F)CCl. The predicted octanol–water partition coefficient (Wildman–Crippen LogP) is 3.87. The van der Waals surface area contributed by atoms with E-state index in [0.717, 1.165) is 12.8 Å². The largest absolute Gasteiger partial charge is 0.375 e. The van der Waals surface area contributed by atoms with E-state index in [9.17, 15) is 8.78 Å². The lowest BCUT2D eigenvalue weighted by atomic mass is 10.2. The Morgan fingerprint density at radius 3 is 2.47 bits per heavy atom. The van der Waals surface area contributed by atoms with Crippen molar-refractivity contribution < 1.29 is 17.8 Å². The van der Waals surface area contributed by atoms with Crippen LogP contribution in [0.15, 0.2) is 0 Å². The minimum Gasteiger partial charge on any atom is -0.318 e. The van der Waals surface area contributed by atoms with Crippen molar-refractivity contribution in [3.63, 3.8) is 0 Å². The van der Waals surface area contributed by atoms with Gasteiger partial charge in [-0.25, -0.2) is 5.09 Å². The fourth-order valence-corrected chi connectivity index (χ4v) is 4.15. The molecule has 0 fully saturated rings. The number of hydrogen-bond acceptors (Lipinski definition) is 3. The van der Waals surface area contributed by atoms with E-state index in [-0.39, 0.29) is 12.6 Å². The summed E-state index contributed by atoms with van der Waals surface area (Å²) >= 11 is 10.1. The van der Waals surface area contributed by atoms with Crippen molar-refractivity contribution in [2.24, 2.45) is 0 Å². The van der Waals surface area contributed by atoms with Gasteiger partial charge < -0.3 is 4.52 Å². The molecule has 2 unspecified atom stereocenters. The average Bonchev–Trinajstić information content (AvgIpc) is 2.16. The zero-order valence-corrected chi connectivity index (χ0v) is 12.7. The summed E-state index contributed by atoms with van der Waals surface area (Å²) in [5.41, 5.74) is 0. The second-order valence-electron chi connectivity index (χ2n) is 3.60. The van der Waals surface area contributed by atoms with Crippen molar-refractivity contribution in [1.82, 2.24) is 5.09 Å². The Labute approximate surface area is 111 Å². The fraction of sp³-hybridized carbons (Fsp3) is 1.00. The van der Waals surface area contributed by atoms with Gasteiger partial charge in [0.2, 0.25) is 0 Å². The monoisotopic (exact) mass is 309 g/mol. The van der Waals surface area contributed by atoms with Gasteiger partial charge in [0, 0.05) is 6.04 Å². The Hall–Kier alpha value is 0.680. The molecule has 17 heavy (non-hydrogen) atoms. The molecule has 0 heterocycles. The molecule has 104 valence electrons. The van der Waals surface area contributed by atoms with E-state index in [1.54, 1.807) is 6.92 Å². The first-order valence-corrected chi connectivity index (χ1v) is 8.62. The molecule has 0 aromatic rings. The van der Waals surface area contributed by atoms with E-state index in [4.69, 9.17) is 27.9 Å². The highest BCUT2D eigenvalue weighted by Gasteiger charge is 2.37. The smallest absolute Gasteiger partial charge is 0.318 e. The van der Waals surface area contributed by atoms with Gasteiger partial charge in [-0.15, -0.1) is 11.6 Å². The van der Waals surface area contributed by atoms with Crippen LogP contribution in [0.3, 0.4) is 0 Å². The summed E-state index contributed by atoms with van der Waals surface area (Å²) in [6.45, 7) is 2.54. The van der Waals surface area contributed by atoms with Crippen LogP contribution >= 0.6 is 18.2 Å². The normalized spacial score (nSPS) is 17.8. The molecular weight excluding hydrogens is 291 g/mol. The van der Waals surface area contributed by atoms with Crippen molar-refractivity contribution in [2.75, 3.05) is 12.5 Å². The molecule has 0 radical (unpaired) electrons. The number of hydrogen-bond donors (Lipinski definition) is 1. The van der Waals surface area contributed by atoms with Gasteiger partial charge >= 0.3 is 6.11 Å². The first kappa shape index (κ1) is 17.7. The third kappa shape index (κ3) is 7.65. The Kier molecular flexibility index (Phi) is 8.29. The van der Waals surface area contributed by atoms with Gasteiger partial charge in [0.25, 0.3) is 6.64 Å². The first-order chi connectivity index (χ1) is 7.78. The molecule has 0 aromatic carbocycles. The van der Waals surface area contributed by atoms with Gasteiger partial charge in [0.05, 0.1) is 6.61 Å². The quantitative estimate of drug-likeness (QED) is 0.517. The van der Waals surface area contributed by atoms with Gasteiger partial charge in [-0.1, -0.05) is 13.3 Å². The summed E-state index contributed by atoms with van der Waals surface area (Å²) in [5.74, 6) is -0.942. The van der Waals surface area contributed by atoms with Crippen molar-refractivity contribution >= 4 is 30.1 Å². The highest BCUT2D eigenvalue weighted by Crippen LogP contribution is 2.49. The van der Waals surface area contributed by atoms with E-state index < -0.39 is 18.6 Å². The van der Waals surface area contributed by atoms with Gasteiger partial charge in [0.1, 0.15) is 5.88 Å². The van der Waals surface area contributed by atoms with Crippen LogP contribution in [0.5, 0.6) is 0 Å². The van der Waals surface area contributed by atoms with Crippen molar-refractivity contribution in [2.45, 2.75) is 45.8 Å². The molecule has 0 aliphatic rings. The molecule has 0 rings (SSSR count). The number of rotatable bonds is 9. The standard InChI is InChI=1S/C9H19ClF2NO2PS/c1-4-6-8(3)13-16(17,14-5-2)15-9(11,12)7-10/h8H,4-7H2,1-3H3,(H,13,17). The number of nitrogens with one attached hydrogen (secondary N) is 1. The van der Waals surface area contributed by atoms with E-state index in [0.29, 0.717) is 0 Å². The van der Waals surface area contributed by atoms with Gasteiger partial charge in [0.15, 0.2) is 0 Å². The third-order valence-electron chi connectivity index (χ3n) is 1.81.